The highest BCUT2D eigenvalue weighted by molar-refractivity contribution is 5.26. The normalized spacial score (nSPS) is 14.6. The van der Waals surface area contributed by atoms with Crippen LogP contribution < -0.4 is 5.32 Å². The maximum atomic E-state index is 4.19. The maximum absolute atomic E-state index is 4.19. The SMILES string of the molecule is CC.Cc1[nH]nc2c1CNCC2. The van der Waals surface area contributed by atoms with Gasteiger partial charge in [0.15, 0.2) is 0 Å². The van der Waals surface area contributed by atoms with Crippen molar-refractivity contribution < 1.29 is 0 Å². The average molecular weight is 167 g/mol. The molecule has 1 aliphatic rings. The summed E-state index contributed by atoms with van der Waals surface area (Å²) in [6.07, 6.45) is 1.07. The van der Waals surface area contributed by atoms with Crippen LogP contribution >= 0.6 is 0 Å². The molecule has 0 saturated heterocycles. The van der Waals surface area contributed by atoms with Gasteiger partial charge in [0, 0.05) is 30.8 Å². The van der Waals surface area contributed by atoms with Crippen LogP contribution in [0, 0.1) is 6.92 Å². The Morgan fingerprint density at radius 1 is 1.33 bits per heavy atom. The molecule has 12 heavy (non-hydrogen) atoms. The van der Waals surface area contributed by atoms with Gasteiger partial charge < -0.3 is 5.32 Å². The van der Waals surface area contributed by atoms with Crippen molar-refractivity contribution >= 4 is 0 Å². The fourth-order valence-corrected chi connectivity index (χ4v) is 1.36. The van der Waals surface area contributed by atoms with Crippen molar-refractivity contribution in [2.45, 2.75) is 33.7 Å². The Hall–Kier alpha value is -0.830. The van der Waals surface area contributed by atoms with Gasteiger partial charge in [-0.3, -0.25) is 5.10 Å². The number of nitrogens with zero attached hydrogens (tertiary/aromatic N) is 1. The highest BCUT2D eigenvalue weighted by Crippen LogP contribution is 2.13. The molecule has 0 radical (unpaired) electrons. The Morgan fingerprint density at radius 2 is 2.08 bits per heavy atom. The lowest BCUT2D eigenvalue weighted by Crippen LogP contribution is -2.23. The third kappa shape index (κ3) is 1.67. The lowest BCUT2D eigenvalue weighted by Gasteiger charge is -2.10. The average Bonchev–Trinajstić information content (AvgIpc) is 2.53. The van der Waals surface area contributed by atoms with Gasteiger partial charge in [-0.25, -0.2) is 0 Å². The highest BCUT2D eigenvalue weighted by Gasteiger charge is 2.12. The van der Waals surface area contributed by atoms with E-state index in [2.05, 4.69) is 22.4 Å². The molecule has 1 aliphatic heterocycles. The van der Waals surface area contributed by atoms with Gasteiger partial charge in [0.2, 0.25) is 0 Å². The number of aryl methyl sites for hydroxylation is 1. The van der Waals surface area contributed by atoms with E-state index >= 15 is 0 Å². The zero-order chi connectivity index (χ0) is 8.97. The van der Waals surface area contributed by atoms with Crippen LogP contribution in [0.3, 0.4) is 0 Å². The van der Waals surface area contributed by atoms with Crippen LogP contribution in [0.15, 0.2) is 0 Å². The first-order chi connectivity index (χ1) is 5.88. The van der Waals surface area contributed by atoms with Gasteiger partial charge in [0.25, 0.3) is 0 Å². The second-order valence-electron chi connectivity index (χ2n) is 2.70. The molecule has 0 atom stereocenters. The van der Waals surface area contributed by atoms with Gasteiger partial charge in [0.1, 0.15) is 0 Å². The topological polar surface area (TPSA) is 40.7 Å². The van der Waals surface area contributed by atoms with E-state index in [0.29, 0.717) is 0 Å². The van der Waals surface area contributed by atoms with E-state index in [0.717, 1.165) is 19.5 Å². The molecule has 0 bridgehead atoms. The molecule has 2 N–H and O–H groups in total. The van der Waals surface area contributed by atoms with Crippen molar-refractivity contribution in [3.8, 4) is 0 Å². The van der Waals surface area contributed by atoms with Crippen molar-refractivity contribution in [2.75, 3.05) is 6.54 Å². The molecule has 0 unspecified atom stereocenters. The Bertz CT molecular complexity index is 240. The molecule has 0 saturated carbocycles. The zero-order valence-electron chi connectivity index (χ0n) is 8.07. The highest BCUT2D eigenvalue weighted by atomic mass is 15.1. The van der Waals surface area contributed by atoms with E-state index < -0.39 is 0 Å². The van der Waals surface area contributed by atoms with Crippen LogP contribution in [-0.2, 0) is 13.0 Å². The zero-order valence-corrected chi connectivity index (χ0v) is 8.07. The quantitative estimate of drug-likeness (QED) is 0.613. The first-order valence-electron chi connectivity index (χ1n) is 4.61. The molecular formula is C9H17N3. The molecule has 68 valence electrons. The number of H-pyrrole nitrogens is 1. The summed E-state index contributed by atoms with van der Waals surface area (Å²) in [5.74, 6) is 0. The van der Waals surface area contributed by atoms with Crippen molar-refractivity contribution in [2.24, 2.45) is 0 Å². The molecule has 2 heterocycles. The summed E-state index contributed by atoms with van der Waals surface area (Å²) in [6.45, 7) is 8.12. The number of hydrogen-bond donors (Lipinski definition) is 2. The van der Waals surface area contributed by atoms with Gasteiger partial charge in [-0.1, -0.05) is 13.8 Å². The molecule has 1 aromatic rings. The summed E-state index contributed by atoms with van der Waals surface area (Å²) in [5.41, 5.74) is 3.82. The monoisotopic (exact) mass is 167 g/mol. The van der Waals surface area contributed by atoms with Crippen LogP contribution in [0.1, 0.15) is 30.8 Å². The molecular weight excluding hydrogens is 150 g/mol. The fraction of sp³-hybridized carbons (Fsp3) is 0.667. The number of hydrogen-bond acceptors (Lipinski definition) is 2. The van der Waals surface area contributed by atoms with Crippen molar-refractivity contribution in [3.05, 3.63) is 17.0 Å². The van der Waals surface area contributed by atoms with Crippen LogP contribution in [0.25, 0.3) is 0 Å². The molecule has 3 heteroatoms. The van der Waals surface area contributed by atoms with E-state index in [1.165, 1.54) is 17.0 Å². The van der Waals surface area contributed by atoms with Crippen molar-refractivity contribution in [1.29, 1.82) is 0 Å². The summed E-state index contributed by atoms with van der Waals surface area (Å²) < 4.78 is 0. The molecule has 0 fully saturated rings. The molecule has 0 spiro atoms. The smallest absolute Gasteiger partial charge is 0.0682 e. The number of nitrogens with one attached hydrogen (secondary N) is 2. The second-order valence-corrected chi connectivity index (χ2v) is 2.70. The van der Waals surface area contributed by atoms with E-state index in [1.54, 1.807) is 0 Å². The predicted octanol–water partition coefficient (Wildman–Crippen LogP) is 1.39. The first kappa shape index (κ1) is 9.26. The Labute approximate surface area is 73.6 Å². The van der Waals surface area contributed by atoms with Crippen LogP contribution in [0.4, 0.5) is 0 Å². The third-order valence-electron chi connectivity index (χ3n) is 2.00. The summed E-state index contributed by atoms with van der Waals surface area (Å²) >= 11 is 0. The minimum absolute atomic E-state index is 0.984. The van der Waals surface area contributed by atoms with Crippen LogP contribution in [0.2, 0.25) is 0 Å². The number of fused-ring (bicyclic) bond motifs is 1. The number of rotatable bonds is 0. The predicted molar refractivity (Wildman–Crippen MR) is 50.1 cm³/mol. The van der Waals surface area contributed by atoms with Crippen molar-refractivity contribution in [1.82, 2.24) is 15.5 Å². The Balaban J connectivity index is 0.000000336. The van der Waals surface area contributed by atoms with Crippen molar-refractivity contribution in [3.63, 3.8) is 0 Å². The Kier molecular flexibility index (Phi) is 3.29. The van der Waals surface area contributed by atoms with Crippen LogP contribution in [0.5, 0.6) is 0 Å². The summed E-state index contributed by atoms with van der Waals surface area (Å²) in [7, 11) is 0. The van der Waals surface area contributed by atoms with E-state index in [9.17, 15) is 0 Å². The molecule has 0 aromatic carbocycles. The fourth-order valence-electron chi connectivity index (χ4n) is 1.36. The summed E-state index contributed by atoms with van der Waals surface area (Å²) in [5, 5.41) is 10.5. The molecule has 2 rings (SSSR count). The van der Waals surface area contributed by atoms with E-state index in [4.69, 9.17) is 0 Å². The Morgan fingerprint density at radius 3 is 2.75 bits per heavy atom. The number of aromatic amines is 1. The van der Waals surface area contributed by atoms with Gasteiger partial charge >= 0.3 is 0 Å². The van der Waals surface area contributed by atoms with E-state index in [1.807, 2.05) is 13.8 Å². The lowest BCUT2D eigenvalue weighted by molar-refractivity contribution is 0.635. The summed E-state index contributed by atoms with van der Waals surface area (Å²) in [4.78, 5) is 0. The van der Waals surface area contributed by atoms with Gasteiger partial charge in [-0.05, 0) is 6.92 Å². The largest absolute Gasteiger partial charge is 0.312 e. The summed E-state index contributed by atoms with van der Waals surface area (Å²) in [6, 6.07) is 0. The first-order valence-corrected chi connectivity index (χ1v) is 4.61. The molecule has 1 aromatic heterocycles. The van der Waals surface area contributed by atoms with Gasteiger partial charge in [0.05, 0.1) is 5.69 Å². The van der Waals surface area contributed by atoms with Gasteiger partial charge in [-0.2, -0.15) is 5.10 Å². The molecule has 3 nitrogen and oxygen atoms in total. The van der Waals surface area contributed by atoms with Gasteiger partial charge in [-0.15, -0.1) is 0 Å². The standard InChI is InChI=1S/C7H11N3.C2H6/c1-5-6-4-8-3-2-7(6)10-9-5;1-2/h8H,2-4H2,1H3,(H,9,10);1-2H3. The second kappa shape index (κ2) is 4.26. The van der Waals surface area contributed by atoms with E-state index in [-0.39, 0.29) is 0 Å². The third-order valence-corrected chi connectivity index (χ3v) is 2.00. The lowest BCUT2D eigenvalue weighted by atomic mass is 10.1. The molecule has 0 amide bonds. The minimum atomic E-state index is 0.984. The maximum Gasteiger partial charge on any atom is 0.0682 e. The minimum Gasteiger partial charge on any atom is -0.312 e. The van der Waals surface area contributed by atoms with Crippen LogP contribution in [-0.4, -0.2) is 16.7 Å². The number of aromatic nitrogens is 2. The molecule has 0 aliphatic carbocycles.